The van der Waals surface area contributed by atoms with Crippen LogP contribution in [0.4, 0.5) is 4.79 Å². The number of imide groups is 1. The van der Waals surface area contributed by atoms with E-state index in [0.29, 0.717) is 11.4 Å². The average molecular weight is 334 g/mol. The predicted octanol–water partition coefficient (Wildman–Crippen LogP) is 4.07. The third kappa shape index (κ3) is 3.13. The molecule has 0 saturated carbocycles. The van der Waals surface area contributed by atoms with Crippen LogP contribution in [0.15, 0.2) is 30.4 Å². The van der Waals surface area contributed by atoms with Crippen molar-refractivity contribution in [3.63, 3.8) is 0 Å². The van der Waals surface area contributed by atoms with E-state index in [2.05, 4.69) is 0 Å². The average Bonchev–Trinajstić information content (AvgIpc) is 2.44. The van der Waals surface area contributed by atoms with Gasteiger partial charge in [0, 0.05) is 17.0 Å². The van der Waals surface area contributed by atoms with Crippen LogP contribution in [0.25, 0.3) is 0 Å². The number of fused-ring (bicyclic) bond motifs is 3. The number of halogens is 1. The van der Waals surface area contributed by atoms with E-state index in [9.17, 15) is 9.59 Å². The summed E-state index contributed by atoms with van der Waals surface area (Å²) in [5, 5.41) is 0.710. The molecule has 2 aliphatic rings. The van der Waals surface area contributed by atoms with E-state index < -0.39 is 11.7 Å². The van der Waals surface area contributed by atoms with Crippen LogP contribution >= 0.6 is 11.6 Å². The molecule has 1 aromatic carbocycles. The summed E-state index contributed by atoms with van der Waals surface area (Å²) in [6, 6.07) is 5.61. The fourth-order valence-corrected chi connectivity index (χ4v) is 3.49. The van der Waals surface area contributed by atoms with Crippen molar-refractivity contribution in [2.75, 3.05) is 0 Å². The van der Waals surface area contributed by atoms with Gasteiger partial charge >= 0.3 is 6.09 Å². The van der Waals surface area contributed by atoms with Crippen molar-refractivity contribution >= 4 is 23.6 Å². The number of carbonyl (C=O) groups is 2. The van der Waals surface area contributed by atoms with E-state index in [-0.39, 0.29) is 17.9 Å². The number of ether oxygens (including phenoxy) is 1. The SMILES string of the molecule is CC(C)(C)OC(=O)N1C(=O)C=C[C@H]2c3ccc(Cl)cc3CC[C@@H]21. The Balaban J connectivity index is 1.94. The lowest BCUT2D eigenvalue weighted by atomic mass is 9.77. The minimum absolute atomic E-state index is 0.00114. The van der Waals surface area contributed by atoms with Crippen molar-refractivity contribution in [1.82, 2.24) is 4.90 Å². The predicted molar refractivity (Wildman–Crippen MR) is 88.5 cm³/mol. The minimum atomic E-state index is -0.631. The standard InChI is InChI=1S/C18H20ClNO3/c1-18(2,3)23-17(22)20-15-8-4-11-10-12(19)5-6-13(11)14(15)7-9-16(20)21/h5-7,9-10,14-15H,4,8H2,1-3H3/t14-,15-/m0/s1. The maximum Gasteiger partial charge on any atom is 0.417 e. The first kappa shape index (κ1) is 16.1. The number of aryl methyl sites for hydroxylation is 1. The number of hydrogen-bond donors (Lipinski definition) is 0. The molecule has 122 valence electrons. The van der Waals surface area contributed by atoms with Gasteiger partial charge in [-0.05, 0) is 56.9 Å². The highest BCUT2D eigenvalue weighted by atomic mass is 35.5. The molecule has 4 nitrogen and oxygen atoms in total. The number of benzene rings is 1. The molecule has 0 saturated heterocycles. The summed E-state index contributed by atoms with van der Waals surface area (Å²) in [5.41, 5.74) is 1.68. The molecule has 5 heteroatoms. The first-order valence-electron chi connectivity index (χ1n) is 7.79. The summed E-state index contributed by atoms with van der Waals surface area (Å²) in [5.74, 6) is -0.306. The molecule has 0 fully saturated rings. The lowest BCUT2D eigenvalue weighted by Crippen LogP contribution is -2.51. The zero-order chi connectivity index (χ0) is 16.8. The summed E-state index contributed by atoms with van der Waals surface area (Å²) >= 11 is 6.07. The van der Waals surface area contributed by atoms with Gasteiger partial charge in [-0.15, -0.1) is 0 Å². The molecule has 23 heavy (non-hydrogen) atoms. The monoisotopic (exact) mass is 333 g/mol. The van der Waals surface area contributed by atoms with E-state index in [0.717, 1.165) is 12.0 Å². The van der Waals surface area contributed by atoms with E-state index in [1.807, 2.05) is 24.3 Å². The molecule has 1 aliphatic carbocycles. The fraction of sp³-hybridized carbons (Fsp3) is 0.444. The zero-order valence-corrected chi connectivity index (χ0v) is 14.3. The quantitative estimate of drug-likeness (QED) is 0.719. The lowest BCUT2D eigenvalue weighted by molar-refractivity contribution is -0.128. The second kappa shape index (κ2) is 5.68. The molecular formula is C18H20ClNO3. The Morgan fingerprint density at radius 1 is 1.35 bits per heavy atom. The van der Waals surface area contributed by atoms with Gasteiger partial charge in [0.1, 0.15) is 5.60 Å². The molecule has 0 bridgehead atoms. The molecule has 0 spiro atoms. The summed E-state index contributed by atoms with van der Waals surface area (Å²) in [6.45, 7) is 5.39. The molecule has 3 rings (SSSR count). The minimum Gasteiger partial charge on any atom is -0.443 e. The Morgan fingerprint density at radius 2 is 2.09 bits per heavy atom. The molecule has 0 unspecified atom stereocenters. The van der Waals surface area contributed by atoms with Gasteiger partial charge in [-0.2, -0.15) is 0 Å². The smallest absolute Gasteiger partial charge is 0.417 e. The van der Waals surface area contributed by atoms with Crippen molar-refractivity contribution in [2.45, 2.75) is 51.2 Å². The number of rotatable bonds is 0. The van der Waals surface area contributed by atoms with E-state index in [4.69, 9.17) is 16.3 Å². The van der Waals surface area contributed by atoms with E-state index in [1.54, 1.807) is 20.8 Å². The van der Waals surface area contributed by atoms with Gasteiger partial charge < -0.3 is 4.74 Å². The van der Waals surface area contributed by atoms with Crippen LogP contribution in [-0.4, -0.2) is 28.5 Å². The molecule has 0 N–H and O–H groups in total. The van der Waals surface area contributed by atoms with Gasteiger partial charge in [-0.25, -0.2) is 9.69 Å². The first-order chi connectivity index (χ1) is 10.8. The van der Waals surface area contributed by atoms with E-state index >= 15 is 0 Å². The zero-order valence-electron chi connectivity index (χ0n) is 13.5. The van der Waals surface area contributed by atoms with Crippen molar-refractivity contribution in [3.8, 4) is 0 Å². The summed E-state index contributed by atoms with van der Waals surface area (Å²) in [7, 11) is 0. The number of nitrogens with zero attached hydrogens (tertiary/aromatic N) is 1. The topological polar surface area (TPSA) is 46.6 Å². The Hall–Kier alpha value is -1.81. The highest BCUT2D eigenvalue weighted by Gasteiger charge is 2.41. The molecule has 1 aromatic rings. The maximum atomic E-state index is 12.5. The van der Waals surface area contributed by atoms with Gasteiger partial charge in [0.2, 0.25) is 0 Å². The van der Waals surface area contributed by atoms with E-state index in [1.165, 1.54) is 16.5 Å². The van der Waals surface area contributed by atoms with Gasteiger partial charge in [0.15, 0.2) is 0 Å². The van der Waals surface area contributed by atoms with Gasteiger partial charge in [0.05, 0.1) is 6.04 Å². The third-order valence-corrected chi connectivity index (χ3v) is 4.43. The molecule has 0 aromatic heterocycles. The Bertz CT molecular complexity index is 690. The van der Waals surface area contributed by atoms with Gasteiger partial charge in [-0.3, -0.25) is 4.79 Å². The number of hydrogen-bond acceptors (Lipinski definition) is 3. The normalized spacial score (nSPS) is 23.3. The molecule has 0 radical (unpaired) electrons. The fourth-order valence-electron chi connectivity index (χ4n) is 3.29. The third-order valence-electron chi connectivity index (χ3n) is 4.19. The van der Waals surface area contributed by atoms with Gasteiger partial charge in [0.25, 0.3) is 5.91 Å². The van der Waals surface area contributed by atoms with Crippen LogP contribution in [0.3, 0.4) is 0 Å². The largest absolute Gasteiger partial charge is 0.443 e. The van der Waals surface area contributed by atoms with Crippen LogP contribution in [0.5, 0.6) is 0 Å². The van der Waals surface area contributed by atoms with Crippen LogP contribution < -0.4 is 0 Å². The second-order valence-corrected chi connectivity index (χ2v) is 7.46. The number of carbonyl (C=O) groups excluding carboxylic acids is 2. The molecular weight excluding hydrogens is 314 g/mol. The van der Waals surface area contributed by atoms with Crippen molar-refractivity contribution < 1.29 is 14.3 Å². The van der Waals surface area contributed by atoms with Crippen LogP contribution in [-0.2, 0) is 16.0 Å². The highest BCUT2D eigenvalue weighted by Crippen LogP contribution is 2.39. The molecule has 1 heterocycles. The van der Waals surface area contributed by atoms with Crippen LogP contribution in [0.1, 0.15) is 44.2 Å². The molecule has 2 atom stereocenters. The summed E-state index contributed by atoms with van der Waals surface area (Å²) in [4.78, 5) is 26.0. The van der Waals surface area contributed by atoms with Crippen LogP contribution in [0, 0.1) is 0 Å². The Kier molecular flexibility index (Phi) is 3.96. The highest BCUT2D eigenvalue weighted by molar-refractivity contribution is 6.30. The lowest BCUT2D eigenvalue weighted by Gasteiger charge is -2.41. The van der Waals surface area contributed by atoms with Gasteiger partial charge in [-0.1, -0.05) is 23.7 Å². The molecule has 2 amide bonds. The second-order valence-electron chi connectivity index (χ2n) is 7.02. The number of amides is 2. The van der Waals surface area contributed by atoms with Crippen molar-refractivity contribution in [2.24, 2.45) is 0 Å². The summed E-state index contributed by atoms with van der Waals surface area (Å²) in [6.07, 6.45) is 4.29. The van der Waals surface area contributed by atoms with Crippen molar-refractivity contribution in [3.05, 3.63) is 46.5 Å². The first-order valence-corrected chi connectivity index (χ1v) is 8.17. The Labute approximate surface area is 141 Å². The van der Waals surface area contributed by atoms with Crippen LogP contribution in [0.2, 0.25) is 5.02 Å². The maximum absolute atomic E-state index is 12.5. The van der Waals surface area contributed by atoms with Crippen molar-refractivity contribution in [1.29, 1.82) is 0 Å². The summed E-state index contributed by atoms with van der Waals surface area (Å²) < 4.78 is 5.41. The molecule has 1 aliphatic heterocycles. The Morgan fingerprint density at radius 3 is 2.78 bits per heavy atom.